The summed E-state index contributed by atoms with van der Waals surface area (Å²) in [5.74, 6) is 0.641. The highest BCUT2D eigenvalue weighted by Gasteiger charge is 2.14. The van der Waals surface area contributed by atoms with E-state index in [1.165, 1.54) is 0 Å². The Morgan fingerprint density at radius 3 is 2.68 bits per heavy atom. The second kappa shape index (κ2) is 8.93. The molecule has 158 valence electrons. The van der Waals surface area contributed by atoms with Crippen LogP contribution in [0.25, 0.3) is 33.7 Å². The zero-order chi connectivity index (χ0) is 21.8. The van der Waals surface area contributed by atoms with Gasteiger partial charge in [-0.1, -0.05) is 12.1 Å². The van der Waals surface area contributed by atoms with Gasteiger partial charge in [0, 0.05) is 36.1 Å². The van der Waals surface area contributed by atoms with Gasteiger partial charge < -0.3 is 20.4 Å². The molecule has 0 atom stereocenters. The van der Waals surface area contributed by atoms with Crippen LogP contribution < -0.4 is 11.1 Å². The summed E-state index contributed by atoms with van der Waals surface area (Å²) in [5, 5.41) is 2.94. The van der Waals surface area contributed by atoms with E-state index in [0.717, 1.165) is 24.1 Å². The van der Waals surface area contributed by atoms with Gasteiger partial charge in [0.1, 0.15) is 11.3 Å². The molecule has 0 saturated carbocycles. The van der Waals surface area contributed by atoms with Crippen LogP contribution in [0.1, 0.15) is 16.8 Å². The molecule has 1 aromatic carbocycles. The molecule has 0 aliphatic carbocycles. The van der Waals surface area contributed by atoms with Crippen molar-refractivity contribution in [1.82, 2.24) is 25.2 Å². The Hall–Kier alpha value is -3.78. The summed E-state index contributed by atoms with van der Waals surface area (Å²) in [4.78, 5) is 27.2. The molecule has 0 spiro atoms. The summed E-state index contributed by atoms with van der Waals surface area (Å²) in [6, 6.07) is 11.0. The zero-order valence-electron chi connectivity index (χ0n) is 17.5. The summed E-state index contributed by atoms with van der Waals surface area (Å²) in [5.41, 5.74) is 10.4. The Kier molecular flexibility index (Phi) is 5.90. The van der Waals surface area contributed by atoms with Crippen LogP contribution in [0.4, 0.5) is 5.82 Å². The van der Waals surface area contributed by atoms with Crippen LogP contribution >= 0.6 is 0 Å². The van der Waals surface area contributed by atoms with E-state index in [2.05, 4.69) is 25.2 Å². The molecular formula is C23H24N6O2. The van der Waals surface area contributed by atoms with Crippen LogP contribution in [0, 0.1) is 0 Å². The van der Waals surface area contributed by atoms with Gasteiger partial charge in [-0.2, -0.15) is 0 Å². The number of carbonyl (C=O) groups is 1. The number of rotatable bonds is 7. The third kappa shape index (κ3) is 4.70. The number of nitrogen functional groups attached to an aromatic ring is 1. The van der Waals surface area contributed by atoms with Crippen molar-refractivity contribution in [2.45, 2.75) is 6.42 Å². The fourth-order valence-electron chi connectivity index (χ4n) is 3.21. The maximum absolute atomic E-state index is 12.3. The Balaban J connectivity index is 1.52. The molecule has 0 unspecified atom stereocenters. The summed E-state index contributed by atoms with van der Waals surface area (Å²) in [6.45, 7) is 1.58. The minimum Gasteiger partial charge on any atom is -0.436 e. The number of nitrogens with two attached hydrogens (primary N) is 1. The lowest BCUT2D eigenvalue weighted by Gasteiger charge is -2.10. The van der Waals surface area contributed by atoms with E-state index in [1.54, 1.807) is 36.8 Å². The van der Waals surface area contributed by atoms with Crippen LogP contribution in [0.2, 0.25) is 0 Å². The highest BCUT2D eigenvalue weighted by Crippen LogP contribution is 2.31. The molecule has 4 rings (SSSR count). The first-order valence-corrected chi connectivity index (χ1v) is 10.0. The normalized spacial score (nSPS) is 11.2. The van der Waals surface area contributed by atoms with E-state index in [1.807, 2.05) is 32.3 Å². The first-order valence-electron chi connectivity index (χ1n) is 10.0. The molecule has 0 saturated heterocycles. The summed E-state index contributed by atoms with van der Waals surface area (Å²) < 4.78 is 5.81. The lowest BCUT2D eigenvalue weighted by molar-refractivity contribution is 0.0952. The SMILES string of the molecule is CN(C)CCCNC(=O)c1ccc(-c2cnc(N)c(-c3nc4cnccc4o3)c2)cc1. The van der Waals surface area contributed by atoms with Gasteiger partial charge in [-0.3, -0.25) is 9.78 Å². The van der Waals surface area contributed by atoms with Gasteiger partial charge in [0.05, 0.1) is 11.8 Å². The first-order chi connectivity index (χ1) is 15.0. The van der Waals surface area contributed by atoms with Crippen molar-refractivity contribution in [2.75, 3.05) is 32.9 Å². The molecular weight excluding hydrogens is 392 g/mol. The molecule has 0 bridgehead atoms. The summed E-state index contributed by atoms with van der Waals surface area (Å²) in [6.07, 6.45) is 5.89. The topological polar surface area (TPSA) is 110 Å². The number of fused-ring (bicyclic) bond motifs is 1. The maximum Gasteiger partial charge on any atom is 0.251 e. The summed E-state index contributed by atoms with van der Waals surface area (Å²) in [7, 11) is 4.03. The fraction of sp³-hybridized carbons (Fsp3) is 0.217. The lowest BCUT2D eigenvalue weighted by Crippen LogP contribution is -2.27. The molecule has 4 aromatic rings. The van der Waals surface area contributed by atoms with Gasteiger partial charge in [-0.15, -0.1) is 0 Å². The average Bonchev–Trinajstić information content (AvgIpc) is 3.21. The molecule has 0 fully saturated rings. The maximum atomic E-state index is 12.3. The number of anilines is 1. The van der Waals surface area contributed by atoms with Crippen LogP contribution in [0.15, 0.2) is 59.4 Å². The first kappa shape index (κ1) is 20.5. The fourth-order valence-corrected chi connectivity index (χ4v) is 3.21. The van der Waals surface area contributed by atoms with E-state index in [0.29, 0.717) is 40.5 Å². The van der Waals surface area contributed by atoms with E-state index >= 15 is 0 Å². The molecule has 1 amide bonds. The number of nitrogens with one attached hydrogen (secondary N) is 1. The number of benzene rings is 1. The number of carbonyl (C=O) groups excluding carboxylic acids is 1. The van der Waals surface area contributed by atoms with E-state index < -0.39 is 0 Å². The molecule has 0 aliphatic heterocycles. The highest BCUT2D eigenvalue weighted by molar-refractivity contribution is 5.94. The number of hydrogen-bond acceptors (Lipinski definition) is 7. The molecule has 3 N–H and O–H groups in total. The van der Waals surface area contributed by atoms with Crippen LogP contribution in [0.3, 0.4) is 0 Å². The molecule has 0 radical (unpaired) electrons. The molecule has 31 heavy (non-hydrogen) atoms. The van der Waals surface area contributed by atoms with Crippen LogP contribution in [-0.2, 0) is 0 Å². The van der Waals surface area contributed by atoms with Crippen molar-refractivity contribution >= 4 is 22.8 Å². The largest absolute Gasteiger partial charge is 0.436 e. The van der Waals surface area contributed by atoms with Crippen molar-refractivity contribution in [3.8, 4) is 22.6 Å². The summed E-state index contributed by atoms with van der Waals surface area (Å²) >= 11 is 0. The van der Waals surface area contributed by atoms with E-state index in [-0.39, 0.29) is 5.91 Å². The number of oxazole rings is 1. The molecule has 3 aromatic heterocycles. The Morgan fingerprint density at radius 1 is 1.13 bits per heavy atom. The van der Waals surface area contributed by atoms with Crippen LogP contribution in [0.5, 0.6) is 0 Å². The Bertz CT molecular complexity index is 1170. The van der Waals surface area contributed by atoms with Gasteiger partial charge in [0.25, 0.3) is 5.91 Å². The monoisotopic (exact) mass is 416 g/mol. The lowest BCUT2D eigenvalue weighted by atomic mass is 10.0. The van der Waals surface area contributed by atoms with Gasteiger partial charge >= 0.3 is 0 Å². The van der Waals surface area contributed by atoms with Crippen LogP contribution in [-0.4, -0.2) is 52.9 Å². The number of hydrogen-bond donors (Lipinski definition) is 2. The number of pyridine rings is 2. The third-order valence-electron chi connectivity index (χ3n) is 4.89. The Morgan fingerprint density at radius 2 is 1.94 bits per heavy atom. The van der Waals surface area contributed by atoms with Crippen molar-refractivity contribution in [2.24, 2.45) is 0 Å². The van der Waals surface area contributed by atoms with Gasteiger partial charge in [-0.25, -0.2) is 9.97 Å². The quantitative estimate of drug-likeness (QED) is 0.445. The number of nitrogens with zero attached hydrogens (tertiary/aromatic N) is 4. The number of aromatic nitrogens is 3. The predicted molar refractivity (Wildman–Crippen MR) is 120 cm³/mol. The van der Waals surface area contributed by atoms with Crippen molar-refractivity contribution in [3.05, 3.63) is 60.6 Å². The van der Waals surface area contributed by atoms with E-state index in [9.17, 15) is 4.79 Å². The highest BCUT2D eigenvalue weighted by atomic mass is 16.3. The van der Waals surface area contributed by atoms with Crippen molar-refractivity contribution in [1.29, 1.82) is 0 Å². The molecule has 0 aliphatic rings. The molecule has 3 heterocycles. The minimum atomic E-state index is -0.0819. The van der Waals surface area contributed by atoms with E-state index in [4.69, 9.17) is 10.2 Å². The standard InChI is InChI=1S/C23H24N6O2/c1-29(2)11-3-9-26-22(30)16-6-4-15(5-7-16)17-12-18(21(24)27-13-17)23-28-19-14-25-10-8-20(19)31-23/h4-8,10,12-14H,3,9,11H2,1-2H3,(H2,24,27)(H,26,30). The minimum absolute atomic E-state index is 0.0819. The average molecular weight is 416 g/mol. The smallest absolute Gasteiger partial charge is 0.251 e. The van der Waals surface area contributed by atoms with Gasteiger partial charge in [-0.05, 0) is 50.8 Å². The van der Waals surface area contributed by atoms with Crippen molar-refractivity contribution < 1.29 is 9.21 Å². The second-order valence-electron chi connectivity index (χ2n) is 7.51. The van der Waals surface area contributed by atoms with Crippen molar-refractivity contribution in [3.63, 3.8) is 0 Å². The third-order valence-corrected chi connectivity index (χ3v) is 4.89. The zero-order valence-corrected chi connectivity index (χ0v) is 17.5. The number of amides is 1. The van der Waals surface area contributed by atoms with Gasteiger partial charge in [0.15, 0.2) is 5.58 Å². The Labute approximate surface area is 180 Å². The predicted octanol–water partition coefficient (Wildman–Crippen LogP) is 3.22. The van der Waals surface area contributed by atoms with Gasteiger partial charge in [0.2, 0.25) is 5.89 Å². The second-order valence-corrected chi connectivity index (χ2v) is 7.51. The molecule has 8 heteroatoms. The molecule has 8 nitrogen and oxygen atoms in total.